The Kier molecular flexibility index (Phi) is 3.65. The van der Waals surface area contributed by atoms with Crippen molar-refractivity contribution < 1.29 is 9.90 Å². The lowest BCUT2D eigenvalue weighted by Gasteiger charge is -2.36. The molecule has 1 aliphatic heterocycles. The Morgan fingerprint density at radius 1 is 1.43 bits per heavy atom. The summed E-state index contributed by atoms with van der Waals surface area (Å²) in [7, 11) is 0. The van der Waals surface area contributed by atoms with Crippen LogP contribution in [0.2, 0.25) is 0 Å². The molecule has 1 amide bonds. The summed E-state index contributed by atoms with van der Waals surface area (Å²) in [5, 5.41) is 17.5. The minimum atomic E-state index is -0.826. The Bertz CT molecular complexity index is 513. The van der Waals surface area contributed by atoms with Crippen LogP contribution in [0.1, 0.15) is 31.9 Å². The first kappa shape index (κ1) is 14.4. The number of hydrogen-bond donors (Lipinski definition) is 2. The van der Waals surface area contributed by atoms with Crippen LogP contribution >= 0.6 is 0 Å². The van der Waals surface area contributed by atoms with Crippen LogP contribution in [0.4, 0.5) is 5.82 Å². The molecular formula is C15H24N4O2. The molecule has 6 heteroatoms. The van der Waals surface area contributed by atoms with Gasteiger partial charge in [-0.2, -0.15) is 5.10 Å². The van der Waals surface area contributed by atoms with Crippen molar-refractivity contribution in [1.82, 2.24) is 15.1 Å². The van der Waals surface area contributed by atoms with Crippen molar-refractivity contribution in [2.75, 3.05) is 31.1 Å². The van der Waals surface area contributed by atoms with E-state index in [0.717, 1.165) is 37.4 Å². The normalized spacial score (nSPS) is 22.2. The van der Waals surface area contributed by atoms with Crippen molar-refractivity contribution in [1.29, 1.82) is 0 Å². The third-order valence-electron chi connectivity index (χ3n) is 4.61. The van der Waals surface area contributed by atoms with Gasteiger partial charge in [0, 0.05) is 37.9 Å². The quantitative estimate of drug-likeness (QED) is 0.865. The first-order valence-electron chi connectivity index (χ1n) is 7.73. The lowest BCUT2D eigenvalue weighted by atomic mass is 9.95. The molecule has 1 aromatic heterocycles. The largest absolute Gasteiger partial charge is 0.389 e. The van der Waals surface area contributed by atoms with E-state index in [1.165, 1.54) is 0 Å². The molecule has 1 saturated heterocycles. The van der Waals surface area contributed by atoms with Gasteiger partial charge in [-0.25, -0.2) is 0 Å². The smallest absolute Gasteiger partial charge is 0.225 e. The number of hydrogen-bond acceptors (Lipinski definition) is 4. The van der Waals surface area contributed by atoms with Crippen molar-refractivity contribution >= 4 is 11.7 Å². The van der Waals surface area contributed by atoms with Crippen LogP contribution in [0.15, 0.2) is 6.07 Å². The fraction of sp³-hybridized carbons (Fsp3) is 0.733. The molecule has 116 valence electrons. The highest BCUT2D eigenvalue weighted by Gasteiger charge is 2.42. The number of nitrogens with zero attached hydrogens (tertiary/aromatic N) is 3. The van der Waals surface area contributed by atoms with E-state index in [2.05, 4.69) is 15.1 Å². The number of aromatic nitrogens is 2. The summed E-state index contributed by atoms with van der Waals surface area (Å²) in [6.07, 6.45) is 2.35. The molecule has 2 heterocycles. The number of piperazine rings is 1. The highest BCUT2D eigenvalue weighted by Crippen LogP contribution is 2.41. The summed E-state index contributed by atoms with van der Waals surface area (Å²) in [4.78, 5) is 16.4. The number of aliphatic hydroxyl groups is 1. The number of nitrogens with one attached hydrogen (secondary N) is 1. The zero-order valence-electron chi connectivity index (χ0n) is 12.8. The second-order valence-electron chi connectivity index (χ2n) is 6.59. The standard InChI is InChI=1S/C15H24N4O2/c1-11-9-13(17-16-11)18-5-7-19(8-6-18)14(20)10-15(2,21)12-3-4-12/h9,12,21H,3-8,10H2,1-2H3,(H,16,17). The van der Waals surface area contributed by atoms with Gasteiger partial charge in [0.05, 0.1) is 12.0 Å². The number of aromatic amines is 1. The van der Waals surface area contributed by atoms with Gasteiger partial charge >= 0.3 is 0 Å². The predicted octanol–water partition coefficient (Wildman–Crippen LogP) is 0.918. The van der Waals surface area contributed by atoms with Crippen molar-refractivity contribution in [2.24, 2.45) is 5.92 Å². The maximum atomic E-state index is 12.3. The fourth-order valence-corrected chi connectivity index (χ4v) is 3.02. The van der Waals surface area contributed by atoms with Crippen molar-refractivity contribution in [3.05, 3.63) is 11.8 Å². The Morgan fingerprint density at radius 2 is 2.10 bits per heavy atom. The molecule has 1 aromatic rings. The monoisotopic (exact) mass is 292 g/mol. The highest BCUT2D eigenvalue weighted by atomic mass is 16.3. The maximum absolute atomic E-state index is 12.3. The number of aryl methyl sites for hydroxylation is 1. The van der Waals surface area contributed by atoms with Crippen LogP contribution < -0.4 is 4.90 Å². The second kappa shape index (κ2) is 5.33. The molecule has 3 rings (SSSR count). The summed E-state index contributed by atoms with van der Waals surface area (Å²) in [5.74, 6) is 1.34. The number of rotatable bonds is 4. The molecule has 1 unspecified atom stereocenters. The fourth-order valence-electron chi connectivity index (χ4n) is 3.02. The molecule has 21 heavy (non-hydrogen) atoms. The Labute approximate surface area is 125 Å². The summed E-state index contributed by atoms with van der Waals surface area (Å²) in [6, 6.07) is 2.02. The van der Waals surface area contributed by atoms with Crippen LogP contribution in [-0.2, 0) is 4.79 Å². The maximum Gasteiger partial charge on any atom is 0.225 e. The number of H-pyrrole nitrogens is 1. The van der Waals surface area contributed by atoms with E-state index >= 15 is 0 Å². The lowest BCUT2D eigenvalue weighted by Crippen LogP contribution is -2.50. The summed E-state index contributed by atoms with van der Waals surface area (Å²) < 4.78 is 0. The molecule has 0 spiro atoms. The first-order chi connectivity index (χ1) is 9.95. The average Bonchev–Trinajstić information content (AvgIpc) is 3.22. The van der Waals surface area contributed by atoms with Crippen molar-refractivity contribution in [3.8, 4) is 0 Å². The molecule has 6 nitrogen and oxygen atoms in total. The van der Waals surface area contributed by atoms with E-state index < -0.39 is 5.60 Å². The Balaban J connectivity index is 1.52. The number of carbonyl (C=O) groups excluding carboxylic acids is 1. The van der Waals surface area contributed by atoms with Gasteiger partial charge in [-0.3, -0.25) is 9.89 Å². The van der Waals surface area contributed by atoms with Gasteiger partial charge < -0.3 is 14.9 Å². The van der Waals surface area contributed by atoms with Crippen LogP contribution in [0.3, 0.4) is 0 Å². The Hall–Kier alpha value is -1.56. The molecule has 0 bridgehead atoms. The van der Waals surface area contributed by atoms with E-state index in [0.29, 0.717) is 19.0 Å². The van der Waals surface area contributed by atoms with Crippen molar-refractivity contribution in [3.63, 3.8) is 0 Å². The van der Waals surface area contributed by atoms with Gasteiger partial charge in [0.25, 0.3) is 0 Å². The number of anilines is 1. The molecule has 0 radical (unpaired) electrons. The molecule has 1 atom stereocenters. The molecule has 2 N–H and O–H groups in total. The summed E-state index contributed by atoms with van der Waals surface area (Å²) in [6.45, 7) is 6.77. The molecule has 1 aliphatic carbocycles. The first-order valence-corrected chi connectivity index (χ1v) is 7.73. The molecule has 2 fully saturated rings. The van der Waals surface area contributed by atoms with Gasteiger partial charge in [-0.05, 0) is 32.6 Å². The van der Waals surface area contributed by atoms with E-state index in [9.17, 15) is 9.90 Å². The number of amides is 1. The SMILES string of the molecule is Cc1cc(N2CCN(C(=O)CC(C)(O)C3CC3)CC2)n[nH]1. The average molecular weight is 292 g/mol. The minimum absolute atomic E-state index is 0.0739. The van der Waals surface area contributed by atoms with E-state index in [1.807, 2.05) is 17.9 Å². The zero-order valence-corrected chi connectivity index (χ0v) is 12.8. The second-order valence-corrected chi connectivity index (χ2v) is 6.59. The van der Waals surface area contributed by atoms with Crippen LogP contribution in [0, 0.1) is 12.8 Å². The predicted molar refractivity (Wildman–Crippen MR) is 80.1 cm³/mol. The molecule has 0 aromatic carbocycles. The van der Waals surface area contributed by atoms with Gasteiger partial charge in [0.2, 0.25) is 5.91 Å². The zero-order chi connectivity index (χ0) is 15.0. The molecular weight excluding hydrogens is 268 g/mol. The third-order valence-corrected chi connectivity index (χ3v) is 4.61. The summed E-state index contributed by atoms with van der Waals surface area (Å²) in [5.41, 5.74) is 0.219. The van der Waals surface area contributed by atoms with E-state index in [4.69, 9.17) is 0 Å². The minimum Gasteiger partial charge on any atom is -0.389 e. The molecule has 1 saturated carbocycles. The van der Waals surface area contributed by atoms with Gasteiger partial charge in [-0.15, -0.1) is 0 Å². The van der Waals surface area contributed by atoms with Gasteiger partial charge in [-0.1, -0.05) is 0 Å². The van der Waals surface area contributed by atoms with Crippen LogP contribution in [-0.4, -0.2) is 57.9 Å². The van der Waals surface area contributed by atoms with Gasteiger partial charge in [0.1, 0.15) is 0 Å². The van der Waals surface area contributed by atoms with Crippen LogP contribution in [0.5, 0.6) is 0 Å². The number of carbonyl (C=O) groups is 1. The molecule has 2 aliphatic rings. The lowest BCUT2D eigenvalue weighted by molar-refractivity contribution is -0.136. The Morgan fingerprint density at radius 3 is 2.62 bits per heavy atom. The van der Waals surface area contributed by atoms with Crippen LogP contribution in [0.25, 0.3) is 0 Å². The topological polar surface area (TPSA) is 72.5 Å². The van der Waals surface area contributed by atoms with Crippen molar-refractivity contribution in [2.45, 2.75) is 38.7 Å². The third kappa shape index (κ3) is 3.20. The van der Waals surface area contributed by atoms with Gasteiger partial charge in [0.15, 0.2) is 5.82 Å². The van der Waals surface area contributed by atoms with E-state index in [-0.39, 0.29) is 12.3 Å². The van der Waals surface area contributed by atoms with E-state index in [1.54, 1.807) is 6.92 Å². The summed E-state index contributed by atoms with van der Waals surface area (Å²) >= 11 is 0. The highest BCUT2D eigenvalue weighted by molar-refractivity contribution is 5.77.